The fraction of sp³-hybridized carbons (Fsp3) is 0.500. The Labute approximate surface area is 114 Å². The highest BCUT2D eigenvalue weighted by atomic mass is 16.7. The van der Waals surface area contributed by atoms with Crippen LogP contribution in [-0.2, 0) is 15.9 Å². The predicted molar refractivity (Wildman–Crippen MR) is 72.8 cm³/mol. The van der Waals surface area contributed by atoms with Gasteiger partial charge in [0.25, 0.3) is 0 Å². The van der Waals surface area contributed by atoms with E-state index in [4.69, 9.17) is 14.4 Å². The Bertz CT molecular complexity index is 518. The van der Waals surface area contributed by atoms with Gasteiger partial charge in [0, 0.05) is 5.46 Å². The van der Waals surface area contributed by atoms with Crippen LogP contribution in [0, 0.1) is 11.3 Å². The van der Waals surface area contributed by atoms with Crippen LogP contribution in [0.4, 0.5) is 0 Å². The van der Waals surface area contributed by atoms with Gasteiger partial charge in [-0.3, -0.25) is 0 Å². The average molecular weight is 259 g/mol. The van der Waals surface area contributed by atoms with E-state index < -0.39 is 18.3 Å². The second kappa shape index (κ2) is 4.64. The molecule has 1 N–H and O–H groups in total. The first-order chi connectivity index (χ1) is 8.80. The minimum atomic E-state index is -0.549. The summed E-state index contributed by atoms with van der Waals surface area (Å²) in [6, 6.07) is 7.36. The van der Waals surface area contributed by atoms with Crippen LogP contribution in [0.1, 0.15) is 38.8 Å². The minimum Gasteiger partial charge on any atom is -0.399 e. The highest BCUT2D eigenvalue weighted by Gasteiger charge is 2.52. The zero-order chi connectivity index (χ0) is 14.3. The third kappa shape index (κ3) is 2.39. The van der Waals surface area contributed by atoms with E-state index in [9.17, 15) is 5.26 Å². The molecule has 1 aromatic rings. The molecule has 4 nitrogen and oxygen atoms in total. The molecular formula is C14H18BNO3. The lowest BCUT2D eigenvalue weighted by molar-refractivity contribution is 0.00578. The number of rotatable bonds is 2. The Hall–Kier alpha value is -1.35. The number of aliphatic hydroxyl groups is 1. The molecule has 1 aromatic carbocycles. The van der Waals surface area contributed by atoms with Crippen LogP contribution in [0.2, 0.25) is 0 Å². The lowest BCUT2D eigenvalue weighted by Gasteiger charge is -2.32. The van der Waals surface area contributed by atoms with Gasteiger partial charge < -0.3 is 14.4 Å². The molecule has 1 fully saturated rings. The topological polar surface area (TPSA) is 62.5 Å². The van der Waals surface area contributed by atoms with Crippen LogP contribution in [0.25, 0.3) is 0 Å². The van der Waals surface area contributed by atoms with Gasteiger partial charge >= 0.3 is 7.12 Å². The first kappa shape index (κ1) is 14.1. The van der Waals surface area contributed by atoms with Crippen molar-refractivity contribution in [1.82, 2.24) is 0 Å². The van der Waals surface area contributed by atoms with E-state index in [2.05, 4.69) is 6.07 Å². The third-order valence-corrected chi connectivity index (χ3v) is 3.93. The van der Waals surface area contributed by atoms with Gasteiger partial charge in [0.1, 0.15) is 0 Å². The molecule has 100 valence electrons. The van der Waals surface area contributed by atoms with Crippen LogP contribution in [-0.4, -0.2) is 23.4 Å². The van der Waals surface area contributed by atoms with Crippen LogP contribution >= 0.6 is 0 Å². The van der Waals surface area contributed by atoms with Crippen LogP contribution in [0.3, 0.4) is 0 Å². The van der Waals surface area contributed by atoms with E-state index in [1.165, 1.54) is 0 Å². The fourth-order valence-corrected chi connectivity index (χ4v) is 1.97. The molecule has 5 heteroatoms. The molecule has 0 spiro atoms. The number of aliphatic hydroxyl groups excluding tert-OH is 1. The Morgan fingerprint density at radius 2 is 1.79 bits per heavy atom. The molecule has 0 saturated carbocycles. The Balaban J connectivity index is 2.37. The van der Waals surface area contributed by atoms with Crippen molar-refractivity contribution < 1.29 is 14.4 Å². The summed E-state index contributed by atoms with van der Waals surface area (Å²) >= 11 is 0. The standard InChI is InChI=1S/C14H18BNO3/c1-13(2)14(3,4)19-15(18-13)12-6-5-10(9-17)7-11(12)8-16/h5-7,17H,9H2,1-4H3. The molecule has 1 saturated heterocycles. The van der Waals surface area contributed by atoms with E-state index in [0.717, 1.165) is 0 Å². The number of hydrogen-bond acceptors (Lipinski definition) is 4. The quantitative estimate of drug-likeness (QED) is 0.814. The molecule has 0 bridgehead atoms. The monoisotopic (exact) mass is 259 g/mol. The molecule has 0 amide bonds. The lowest BCUT2D eigenvalue weighted by atomic mass is 9.75. The maximum atomic E-state index is 9.22. The van der Waals surface area contributed by atoms with Gasteiger partial charge in [0.2, 0.25) is 0 Å². The number of hydrogen-bond donors (Lipinski definition) is 1. The summed E-state index contributed by atoms with van der Waals surface area (Å²) in [7, 11) is -0.549. The van der Waals surface area contributed by atoms with Gasteiger partial charge in [-0.05, 0) is 39.3 Å². The summed E-state index contributed by atoms with van der Waals surface area (Å²) < 4.78 is 11.9. The maximum Gasteiger partial charge on any atom is 0.496 e. The smallest absolute Gasteiger partial charge is 0.399 e. The van der Waals surface area contributed by atoms with Crippen molar-refractivity contribution in [3.8, 4) is 6.07 Å². The summed E-state index contributed by atoms with van der Waals surface area (Å²) in [5.74, 6) is 0. The van der Waals surface area contributed by atoms with Crippen LogP contribution < -0.4 is 5.46 Å². The molecule has 0 radical (unpaired) electrons. The van der Waals surface area contributed by atoms with E-state index in [1.807, 2.05) is 27.7 Å². The van der Waals surface area contributed by atoms with Gasteiger partial charge in [-0.25, -0.2) is 0 Å². The lowest BCUT2D eigenvalue weighted by Crippen LogP contribution is -2.41. The number of benzene rings is 1. The van der Waals surface area contributed by atoms with Crippen LogP contribution in [0.15, 0.2) is 18.2 Å². The highest BCUT2D eigenvalue weighted by Crippen LogP contribution is 2.36. The van der Waals surface area contributed by atoms with Gasteiger partial charge in [0.05, 0.1) is 29.4 Å². The summed E-state index contributed by atoms with van der Waals surface area (Å²) in [6.45, 7) is 7.81. The molecule has 0 atom stereocenters. The second-order valence-corrected chi connectivity index (χ2v) is 5.78. The zero-order valence-corrected chi connectivity index (χ0v) is 11.7. The Morgan fingerprint density at radius 3 is 2.26 bits per heavy atom. The molecule has 2 rings (SSSR count). The third-order valence-electron chi connectivity index (χ3n) is 3.93. The molecule has 0 unspecified atom stereocenters. The summed E-state index contributed by atoms with van der Waals surface area (Å²) in [6.07, 6.45) is 0. The first-order valence-electron chi connectivity index (χ1n) is 6.30. The molecule has 0 aromatic heterocycles. The SMILES string of the molecule is CC1(C)OB(c2ccc(CO)cc2C#N)OC1(C)C. The maximum absolute atomic E-state index is 9.22. The summed E-state index contributed by atoms with van der Waals surface area (Å²) in [5.41, 5.74) is 1.03. The summed E-state index contributed by atoms with van der Waals surface area (Å²) in [5, 5.41) is 18.3. The van der Waals surface area contributed by atoms with E-state index in [0.29, 0.717) is 16.6 Å². The molecule has 0 aliphatic carbocycles. The minimum absolute atomic E-state index is 0.0850. The normalized spacial score (nSPS) is 20.3. The first-order valence-corrected chi connectivity index (χ1v) is 6.30. The Morgan fingerprint density at radius 1 is 1.21 bits per heavy atom. The molecular weight excluding hydrogens is 241 g/mol. The van der Waals surface area contributed by atoms with E-state index in [-0.39, 0.29) is 6.61 Å². The van der Waals surface area contributed by atoms with Crippen LogP contribution in [0.5, 0.6) is 0 Å². The van der Waals surface area contributed by atoms with Crippen molar-refractivity contribution in [2.24, 2.45) is 0 Å². The largest absolute Gasteiger partial charge is 0.496 e. The van der Waals surface area contributed by atoms with Crippen molar-refractivity contribution in [3.05, 3.63) is 29.3 Å². The van der Waals surface area contributed by atoms with Crippen molar-refractivity contribution in [2.45, 2.75) is 45.5 Å². The van der Waals surface area contributed by atoms with Gasteiger partial charge in [0.15, 0.2) is 0 Å². The zero-order valence-electron chi connectivity index (χ0n) is 11.7. The van der Waals surface area contributed by atoms with E-state index >= 15 is 0 Å². The van der Waals surface area contributed by atoms with Gasteiger partial charge in [-0.1, -0.05) is 12.1 Å². The fourth-order valence-electron chi connectivity index (χ4n) is 1.97. The number of nitriles is 1. The van der Waals surface area contributed by atoms with Gasteiger partial charge in [-0.15, -0.1) is 0 Å². The van der Waals surface area contributed by atoms with E-state index in [1.54, 1.807) is 18.2 Å². The molecule has 19 heavy (non-hydrogen) atoms. The van der Waals surface area contributed by atoms with Crippen molar-refractivity contribution in [3.63, 3.8) is 0 Å². The predicted octanol–water partition coefficient (Wildman–Crippen LogP) is 1.35. The number of nitrogens with zero attached hydrogens (tertiary/aromatic N) is 1. The highest BCUT2D eigenvalue weighted by molar-refractivity contribution is 6.62. The van der Waals surface area contributed by atoms with Crippen molar-refractivity contribution in [2.75, 3.05) is 0 Å². The molecule has 1 heterocycles. The van der Waals surface area contributed by atoms with Crippen molar-refractivity contribution >= 4 is 12.6 Å². The van der Waals surface area contributed by atoms with Gasteiger partial charge in [-0.2, -0.15) is 5.26 Å². The second-order valence-electron chi connectivity index (χ2n) is 5.78. The van der Waals surface area contributed by atoms with Crippen molar-refractivity contribution in [1.29, 1.82) is 5.26 Å². The average Bonchev–Trinajstić information content (AvgIpc) is 2.57. The summed E-state index contributed by atoms with van der Waals surface area (Å²) in [4.78, 5) is 0. The molecule has 1 aliphatic heterocycles. The Kier molecular flexibility index (Phi) is 3.44. The molecule has 1 aliphatic rings.